The first-order valence-corrected chi connectivity index (χ1v) is 50.8. The largest absolute Gasteiger partial charge is 0.456 e. The van der Waals surface area contributed by atoms with Gasteiger partial charge in [0.2, 0.25) is 0 Å². The summed E-state index contributed by atoms with van der Waals surface area (Å²) < 4.78 is 21.5. The van der Waals surface area contributed by atoms with Crippen LogP contribution < -0.4 is 14.7 Å². The number of aromatic nitrogens is 1. The summed E-state index contributed by atoms with van der Waals surface area (Å²) in [6.45, 7) is 4.70. The van der Waals surface area contributed by atoms with E-state index < -0.39 is 0 Å². The molecular formula is C141H94N4O3. The van der Waals surface area contributed by atoms with E-state index in [0.717, 1.165) is 128 Å². The van der Waals surface area contributed by atoms with Gasteiger partial charge < -0.3 is 32.5 Å². The highest BCUT2D eigenvalue weighted by Crippen LogP contribution is 2.54. The fourth-order valence-electron chi connectivity index (χ4n) is 23.2. The average molecular weight is 1890 g/mol. The first-order chi connectivity index (χ1) is 73.1. The third kappa shape index (κ3) is 15.0. The summed E-state index contributed by atoms with van der Waals surface area (Å²) in [5, 5.41) is 23.7. The van der Waals surface area contributed by atoms with Crippen molar-refractivity contribution in [2.24, 2.45) is 0 Å². The van der Waals surface area contributed by atoms with Gasteiger partial charge in [0.25, 0.3) is 0 Å². The molecule has 148 heavy (non-hydrogen) atoms. The second kappa shape index (κ2) is 35.7. The topological polar surface area (TPSA) is 54.1 Å². The fourth-order valence-corrected chi connectivity index (χ4v) is 23.2. The molecule has 0 N–H and O–H groups in total. The van der Waals surface area contributed by atoms with Crippen molar-refractivity contribution in [1.29, 1.82) is 0 Å². The number of anilines is 9. The van der Waals surface area contributed by atoms with Crippen molar-refractivity contribution in [3.8, 4) is 61.3 Å². The first kappa shape index (κ1) is 86.5. The van der Waals surface area contributed by atoms with Gasteiger partial charge in [0.1, 0.15) is 33.5 Å². The van der Waals surface area contributed by atoms with Crippen molar-refractivity contribution in [2.75, 3.05) is 14.7 Å². The van der Waals surface area contributed by atoms with E-state index in [4.69, 9.17) is 13.3 Å². The molecular weight excluding hydrogens is 1800 g/mol. The Hall–Kier alpha value is -19.3. The van der Waals surface area contributed by atoms with Crippen LogP contribution in [0.2, 0.25) is 0 Å². The predicted molar refractivity (Wildman–Crippen MR) is 624 cm³/mol. The highest BCUT2D eigenvalue weighted by Gasteiger charge is 2.36. The van der Waals surface area contributed by atoms with E-state index >= 15 is 0 Å². The standard InChI is InChI=1S/C50H32N2O.C47H33NO.C44H29NO/c1-2-12-33(13-3-1)34-26-28-37(29-27-34)51(38-15-11-16-39(31-38)52-45-20-7-4-17-40(45)41-18-5-8-21-46(41)52)47-22-10-14-35-24-25-36-30-44-42-19-6-9-23-48(42)53-49(44)32-43(36)50(35)47;1-47(2)43-14-8-6-12-37(43)38-25-24-36(28-44(38)47)48(34-21-18-31(19-22-34)30-10-4-3-5-11-30)35-23-20-32-16-17-33-26-42-39-13-7-9-15-45(39)49-46(42)29-41(33)40(32)27-35;1-3-9-30(10-4-1)32-17-22-36(23-18-32)45(37-24-19-33(20-25-37)31-11-5-2-6-12-31)38-26-21-34-15-16-35-27-42-39-13-7-8-14-43(39)46-44(42)29-41(35)40(34)28-38/h1-32H;3-29H,1-2H3;1-29H. The van der Waals surface area contributed by atoms with Crippen molar-refractivity contribution < 1.29 is 13.3 Å². The van der Waals surface area contributed by atoms with Crippen molar-refractivity contribution in [1.82, 2.24) is 4.57 Å². The molecule has 0 aliphatic heterocycles. The molecule has 0 bridgehead atoms. The molecule has 0 radical (unpaired) electrons. The van der Waals surface area contributed by atoms with Crippen LogP contribution in [0.3, 0.4) is 0 Å². The Balaban J connectivity index is 0.000000107. The smallest absolute Gasteiger partial charge is 0.136 e. The Kier molecular flexibility index (Phi) is 20.8. The number of furan rings is 3. The molecule has 0 saturated carbocycles. The Labute approximate surface area is 855 Å². The van der Waals surface area contributed by atoms with E-state index in [1.165, 1.54) is 148 Å². The van der Waals surface area contributed by atoms with Crippen molar-refractivity contribution in [3.63, 3.8) is 0 Å². The molecule has 0 spiro atoms. The van der Waals surface area contributed by atoms with Gasteiger partial charge in [-0.25, -0.2) is 0 Å². The highest BCUT2D eigenvalue weighted by molar-refractivity contribution is 6.22. The number of para-hydroxylation sites is 5. The number of rotatable bonds is 14. The lowest BCUT2D eigenvalue weighted by molar-refractivity contribution is 0.660. The summed E-state index contributed by atoms with van der Waals surface area (Å²) in [7, 11) is 0. The molecule has 0 fully saturated rings. The molecule has 7 nitrogen and oxygen atoms in total. The van der Waals surface area contributed by atoms with Crippen LogP contribution in [0.1, 0.15) is 25.0 Å². The summed E-state index contributed by atoms with van der Waals surface area (Å²) in [6.07, 6.45) is 0. The zero-order valence-corrected chi connectivity index (χ0v) is 81.3. The molecule has 4 heterocycles. The van der Waals surface area contributed by atoms with Gasteiger partial charge in [0.15, 0.2) is 0 Å². The van der Waals surface area contributed by atoms with Crippen LogP contribution in [-0.2, 0) is 5.41 Å². The summed E-state index contributed by atoms with van der Waals surface area (Å²) in [4.78, 5) is 7.17. The molecule has 4 aromatic heterocycles. The van der Waals surface area contributed by atoms with E-state index in [0.29, 0.717) is 0 Å². The number of hydrogen-bond donors (Lipinski definition) is 0. The molecule has 30 rings (SSSR count). The monoisotopic (exact) mass is 1890 g/mol. The predicted octanol–water partition coefficient (Wildman–Crippen LogP) is 40.2. The Bertz CT molecular complexity index is 10100. The lowest BCUT2D eigenvalue weighted by Crippen LogP contribution is -2.16. The molecule has 0 atom stereocenters. The fraction of sp³-hybridized carbons (Fsp3) is 0.0213. The van der Waals surface area contributed by atoms with E-state index in [2.05, 4.69) is 537 Å². The van der Waals surface area contributed by atoms with Gasteiger partial charge in [-0.1, -0.05) is 372 Å². The van der Waals surface area contributed by atoms with Crippen LogP contribution in [0, 0.1) is 0 Å². The van der Waals surface area contributed by atoms with E-state index in [1.54, 1.807) is 0 Å². The summed E-state index contributed by atoms with van der Waals surface area (Å²) in [5.74, 6) is 0. The lowest BCUT2D eigenvalue weighted by Gasteiger charge is -2.28. The minimum absolute atomic E-state index is 0.0949. The van der Waals surface area contributed by atoms with Crippen LogP contribution in [0.5, 0.6) is 0 Å². The molecule has 7 heteroatoms. The van der Waals surface area contributed by atoms with Crippen molar-refractivity contribution in [3.05, 3.63) is 545 Å². The second-order valence-electron chi connectivity index (χ2n) is 39.3. The minimum atomic E-state index is -0.0949. The molecule has 25 aromatic carbocycles. The van der Waals surface area contributed by atoms with Crippen LogP contribution in [0.15, 0.2) is 547 Å². The quantitative estimate of drug-likeness (QED) is 0.101. The minimum Gasteiger partial charge on any atom is -0.456 e. The van der Waals surface area contributed by atoms with Crippen molar-refractivity contribution in [2.45, 2.75) is 19.3 Å². The number of fused-ring (bicyclic) bond motifs is 24. The molecule has 1 aliphatic rings. The normalized spacial score (nSPS) is 12.2. The van der Waals surface area contributed by atoms with Gasteiger partial charge in [-0.15, -0.1) is 0 Å². The van der Waals surface area contributed by atoms with Gasteiger partial charge in [-0.3, -0.25) is 0 Å². The molecule has 0 unspecified atom stereocenters. The summed E-state index contributed by atoms with van der Waals surface area (Å²) >= 11 is 0. The van der Waals surface area contributed by atoms with Crippen LogP contribution in [0.4, 0.5) is 51.2 Å². The average Bonchev–Trinajstić information content (AvgIpc) is 1.57. The first-order valence-electron chi connectivity index (χ1n) is 50.8. The van der Waals surface area contributed by atoms with Crippen molar-refractivity contribution >= 4 is 203 Å². The zero-order valence-electron chi connectivity index (χ0n) is 81.3. The van der Waals surface area contributed by atoms with Gasteiger partial charge in [0.05, 0.1) is 16.7 Å². The van der Waals surface area contributed by atoms with Gasteiger partial charge in [0, 0.05) is 105 Å². The lowest BCUT2D eigenvalue weighted by atomic mass is 9.82. The molecule has 1 aliphatic carbocycles. The SMILES string of the molecule is CC1(C)c2ccccc2-c2ccc(N(c3ccc(-c4ccccc4)cc3)c3ccc4ccc5cc6c(cc5c4c3)oc3ccccc36)cc21.c1ccc(-c2ccc(N(c3ccc(-c4ccccc4)cc3)c3ccc4ccc5cc6c(cc5c4c3)oc3ccccc36)cc2)cc1.c1ccc(-c2ccc(N(c3cccc(-n4c5ccccc5c5ccccc54)c3)c3cccc4ccc5cc6c(cc5c34)oc3ccccc36)cc2)cc1. The van der Waals surface area contributed by atoms with E-state index in [9.17, 15) is 0 Å². The Morgan fingerprint density at radius 2 is 0.493 bits per heavy atom. The van der Waals surface area contributed by atoms with Crippen LogP contribution >= 0.6 is 0 Å². The number of benzene rings is 25. The van der Waals surface area contributed by atoms with E-state index in [-0.39, 0.29) is 5.41 Å². The Morgan fingerprint density at radius 1 is 0.176 bits per heavy atom. The number of hydrogen-bond acceptors (Lipinski definition) is 6. The van der Waals surface area contributed by atoms with Gasteiger partial charge >= 0.3 is 0 Å². The summed E-state index contributed by atoms with van der Waals surface area (Å²) in [6, 6.07) is 192. The van der Waals surface area contributed by atoms with Gasteiger partial charge in [-0.05, 0) is 302 Å². The maximum absolute atomic E-state index is 6.45. The maximum Gasteiger partial charge on any atom is 0.136 e. The molecule has 0 saturated heterocycles. The third-order valence-electron chi connectivity index (χ3n) is 30.4. The molecule has 29 aromatic rings. The Morgan fingerprint density at radius 3 is 0.953 bits per heavy atom. The van der Waals surface area contributed by atoms with Crippen LogP contribution in [0.25, 0.3) is 214 Å². The second-order valence-corrected chi connectivity index (χ2v) is 39.3. The molecule has 696 valence electrons. The van der Waals surface area contributed by atoms with Crippen LogP contribution in [-0.4, -0.2) is 4.57 Å². The summed E-state index contributed by atoms with van der Waals surface area (Å²) in [5.41, 5.74) is 33.8. The van der Waals surface area contributed by atoms with E-state index in [1.807, 2.05) is 30.3 Å². The van der Waals surface area contributed by atoms with Gasteiger partial charge in [-0.2, -0.15) is 0 Å². The molecule has 0 amide bonds. The third-order valence-corrected chi connectivity index (χ3v) is 30.4. The zero-order chi connectivity index (χ0) is 98.0. The number of nitrogens with zero attached hydrogens (tertiary/aromatic N) is 4. The maximum atomic E-state index is 6.45. The highest BCUT2D eigenvalue weighted by atomic mass is 16.3.